The lowest BCUT2D eigenvalue weighted by Crippen LogP contribution is -2.53. The summed E-state index contributed by atoms with van der Waals surface area (Å²) in [6, 6.07) is 0. The van der Waals surface area contributed by atoms with Gasteiger partial charge in [0.15, 0.2) is 0 Å². The third-order valence-corrected chi connectivity index (χ3v) is 3.88. The van der Waals surface area contributed by atoms with Gasteiger partial charge in [-0.3, -0.25) is 0 Å². The summed E-state index contributed by atoms with van der Waals surface area (Å²) in [5.41, 5.74) is -1.04. The number of hydrogen-bond donors (Lipinski definition) is 1. The Morgan fingerprint density at radius 3 is 1.71 bits per heavy atom. The highest BCUT2D eigenvalue weighted by molar-refractivity contribution is 5.60. The van der Waals surface area contributed by atoms with Crippen LogP contribution in [0.15, 0.2) is 0 Å². The smallest absolute Gasteiger partial charge is 0.450 e. The fraction of sp³-hybridized carbons (Fsp3) is 0.818. The van der Waals surface area contributed by atoms with Crippen LogP contribution in [0.4, 0.5) is 9.59 Å². The maximum atomic E-state index is 11.1. The van der Waals surface area contributed by atoms with E-state index in [1.807, 2.05) is 0 Å². The maximum Gasteiger partial charge on any atom is 0.508 e. The van der Waals surface area contributed by atoms with Crippen molar-refractivity contribution >= 4 is 12.3 Å². The molecule has 0 amide bonds. The van der Waals surface area contributed by atoms with Crippen LogP contribution in [0.1, 0.15) is 38.5 Å². The molecule has 1 N–H and O–H groups in total. The Labute approximate surface area is 98.8 Å². The Morgan fingerprint density at radius 2 is 1.35 bits per heavy atom. The van der Waals surface area contributed by atoms with Crippen molar-refractivity contribution in [2.75, 3.05) is 7.11 Å². The molecule has 0 aromatic rings. The standard InChI is InChI=1S/C11H16O6/c1-15-9(14)17-11-5-2-10(3-6-11,4-7-11)16-8(12)13/h2-7H2,1H3,(H,12,13). The number of carboxylic acid groups (broad SMARTS) is 1. The van der Waals surface area contributed by atoms with Crippen LogP contribution in [0.2, 0.25) is 0 Å². The van der Waals surface area contributed by atoms with Gasteiger partial charge in [0.2, 0.25) is 0 Å². The summed E-state index contributed by atoms with van der Waals surface area (Å²) in [6.07, 6.45) is 1.83. The van der Waals surface area contributed by atoms with Crippen LogP contribution in [-0.4, -0.2) is 35.7 Å². The van der Waals surface area contributed by atoms with E-state index in [0.717, 1.165) is 0 Å². The lowest BCUT2D eigenvalue weighted by molar-refractivity contribution is -0.155. The van der Waals surface area contributed by atoms with Gasteiger partial charge in [0.25, 0.3) is 0 Å². The summed E-state index contributed by atoms with van der Waals surface area (Å²) in [5, 5.41) is 8.70. The van der Waals surface area contributed by atoms with Crippen molar-refractivity contribution in [3.8, 4) is 0 Å². The average molecular weight is 244 g/mol. The fourth-order valence-corrected chi connectivity index (χ4v) is 2.83. The third-order valence-electron chi connectivity index (χ3n) is 3.88. The first-order chi connectivity index (χ1) is 7.99. The highest BCUT2D eigenvalue weighted by Crippen LogP contribution is 2.50. The first-order valence-electron chi connectivity index (χ1n) is 5.68. The topological polar surface area (TPSA) is 82.1 Å². The Morgan fingerprint density at radius 1 is 0.941 bits per heavy atom. The predicted molar refractivity (Wildman–Crippen MR) is 55.8 cm³/mol. The van der Waals surface area contributed by atoms with Gasteiger partial charge in [-0.2, -0.15) is 0 Å². The van der Waals surface area contributed by atoms with Crippen LogP contribution < -0.4 is 0 Å². The normalized spacial score (nSPS) is 35.1. The van der Waals surface area contributed by atoms with Crippen molar-refractivity contribution in [3.05, 3.63) is 0 Å². The van der Waals surface area contributed by atoms with Gasteiger partial charge in [-0.25, -0.2) is 9.59 Å². The van der Waals surface area contributed by atoms with E-state index in [-0.39, 0.29) is 0 Å². The molecule has 0 heterocycles. The van der Waals surface area contributed by atoms with E-state index in [1.165, 1.54) is 7.11 Å². The van der Waals surface area contributed by atoms with E-state index in [1.54, 1.807) is 0 Å². The van der Waals surface area contributed by atoms with E-state index in [0.29, 0.717) is 38.5 Å². The summed E-state index contributed by atoms with van der Waals surface area (Å²) in [6.45, 7) is 0. The molecule has 0 unspecified atom stereocenters. The molecule has 0 spiro atoms. The number of carbonyl (C=O) groups is 2. The minimum Gasteiger partial charge on any atom is -0.450 e. The summed E-state index contributed by atoms with van der Waals surface area (Å²) >= 11 is 0. The molecular weight excluding hydrogens is 228 g/mol. The van der Waals surface area contributed by atoms with Gasteiger partial charge in [0.1, 0.15) is 11.2 Å². The van der Waals surface area contributed by atoms with Crippen molar-refractivity contribution in [2.24, 2.45) is 0 Å². The van der Waals surface area contributed by atoms with Crippen LogP contribution in [0.3, 0.4) is 0 Å². The Bertz CT molecular complexity index is 312. The molecule has 3 rings (SSSR count). The molecule has 6 heteroatoms. The molecule has 3 aliphatic carbocycles. The van der Waals surface area contributed by atoms with Crippen molar-refractivity contribution in [3.63, 3.8) is 0 Å². The molecule has 0 atom stereocenters. The molecule has 3 aliphatic rings. The van der Waals surface area contributed by atoms with Crippen LogP contribution in [0, 0.1) is 0 Å². The third kappa shape index (κ3) is 2.30. The second kappa shape index (κ2) is 4.09. The van der Waals surface area contributed by atoms with Gasteiger partial charge >= 0.3 is 12.3 Å². The summed E-state index contributed by atoms with van der Waals surface area (Å²) in [7, 11) is 1.28. The molecular formula is C11H16O6. The van der Waals surface area contributed by atoms with Crippen molar-refractivity contribution in [1.29, 1.82) is 0 Å². The largest absolute Gasteiger partial charge is 0.508 e. The lowest BCUT2D eigenvalue weighted by Gasteiger charge is -2.50. The zero-order valence-corrected chi connectivity index (χ0v) is 9.73. The van der Waals surface area contributed by atoms with Crippen LogP contribution >= 0.6 is 0 Å². The SMILES string of the molecule is COC(=O)OC12CCC(OC(=O)O)(CC1)CC2. The van der Waals surface area contributed by atoms with Crippen molar-refractivity contribution in [2.45, 2.75) is 49.7 Å². The quantitative estimate of drug-likeness (QED) is 0.750. The Hall–Kier alpha value is -1.46. The van der Waals surface area contributed by atoms with E-state index in [9.17, 15) is 9.59 Å². The van der Waals surface area contributed by atoms with Gasteiger partial charge in [-0.05, 0) is 38.5 Å². The van der Waals surface area contributed by atoms with Gasteiger partial charge in [-0.1, -0.05) is 0 Å². The number of ether oxygens (including phenoxy) is 3. The zero-order chi connectivity index (χ0) is 12.5. The van der Waals surface area contributed by atoms with Gasteiger partial charge in [0.05, 0.1) is 7.11 Å². The molecule has 0 aromatic heterocycles. The van der Waals surface area contributed by atoms with Gasteiger partial charge < -0.3 is 19.3 Å². The van der Waals surface area contributed by atoms with Crippen molar-refractivity contribution < 1.29 is 28.9 Å². The Kier molecular flexibility index (Phi) is 2.89. The molecule has 6 nitrogen and oxygen atoms in total. The van der Waals surface area contributed by atoms with Gasteiger partial charge in [-0.15, -0.1) is 0 Å². The number of hydrogen-bond acceptors (Lipinski definition) is 5. The summed E-state index contributed by atoms with van der Waals surface area (Å²) < 4.78 is 14.8. The molecule has 0 radical (unpaired) electrons. The van der Waals surface area contributed by atoms with Gasteiger partial charge in [0, 0.05) is 0 Å². The molecule has 3 saturated carbocycles. The lowest BCUT2D eigenvalue weighted by atomic mass is 9.65. The second-order valence-electron chi connectivity index (χ2n) is 4.79. The first-order valence-corrected chi connectivity index (χ1v) is 5.68. The molecule has 0 saturated heterocycles. The molecule has 96 valence electrons. The minimum atomic E-state index is -1.23. The summed E-state index contributed by atoms with van der Waals surface area (Å²) in [4.78, 5) is 21.8. The summed E-state index contributed by atoms with van der Waals surface area (Å²) in [5.74, 6) is 0. The average Bonchev–Trinajstić information content (AvgIpc) is 2.30. The van der Waals surface area contributed by atoms with Crippen LogP contribution in [-0.2, 0) is 14.2 Å². The Balaban J connectivity index is 1.99. The predicted octanol–water partition coefficient (Wildman–Crippen LogP) is 2.31. The number of methoxy groups -OCH3 is 1. The monoisotopic (exact) mass is 244 g/mol. The minimum absolute atomic E-state index is 0.475. The zero-order valence-electron chi connectivity index (χ0n) is 9.73. The van der Waals surface area contributed by atoms with E-state index < -0.39 is 23.5 Å². The number of fused-ring (bicyclic) bond motifs is 3. The second-order valence-corrected chi connectivity index (χ2v) is 4.79. The molecule has 2 bridgehead atoms. The molecule has 17 heavy (non-hydrogen) atoms. The highest BCUT2D eigenvalue weighted by atomic mass is 16.7. The maximum absolute atomic E-state index is 11.1. The first kappa shape index (κ1) is 12.0. The number of carbonyl (C=O) groups excluding carboxylic acids is 1. The van der Waals surface area contributed by atoms with E-state index >= 15 is 0 Å². The number of rotatable bonds is 2. The molecule has 0 aromatic carbocycles. The highest BCUT2D eigenvalue weighted by Gasteiger charge is 2.53. The van der Waals surface area contributed by atoms with Crippen molar-refractivity contribution in [1.82, 2.24) is 0 Å². The van der Waals surface area contributed by atoms with E-state index in [2.05, 4.69) is 4.74 Å². The van der Waals surface area contributed by atoms with E-state index in [4.69, 9.17) is 14.6 Å². The fourth-order valence-electron chi connectivity index (χ4n) is 2.83. The molecule has 0 aliphatic heterocycles. The van der Waals surface area contributed by atoms with Crippen LogP contribution in [0.25, 0.3) is 0 Å². The molecule has 3 fully saturated rings. The van der Waals surface area contributed by atoms with Crippen LogP contribution in [0.5, 0.6) is 0 Å².